The Morgan fingerprint density at radius 1 is 1.30 bits per heavy atom. The Kier molecular flexibility index (Phi) is 3.79. The molecule has 7 nitrogen and oxygen atoms in total. The van der Waals surface area contributed by atoms with Crippen LogP contribution in [-0.4, -0.2) is 21.0 Å². The van der Waals surface area contributed by atoms with Crippen LogP contribution in [0.2, 0.25) is 0 Å². The Balaban J connectivity index is 2.41. The van der Waals surface area contributed by atoms with Crippen molar-refractivity contribution >= 4 is 11.6 Å². The first-order chi connectivity index (χ1) is 9.47. The predicted molar refractivity (Wildman–Crippen MR) is 74.3 cm³/mol. The minimum atomic E-state index is -0.534. The van der Waals surface area contributed by atoms with Crippen molar-refractivity contribution < 1.29 is 9.66 Å². The molecule has 7 heteroatoms. The summed E-state index contributed by atoms with van der Waals surface area (Å²) in [5.41, 5.74) is 6.09. The Morgan fingerprint density at radius 2 is 1.95 bits per heavy atom. The summed E-state index contributed by atoms with van der Waals surface area (Å²) in [5, 5.41) is 11.0. The van der Waals surface area contributed by atoms with Crippen LogP contribution in [0, 0.1) is 10.1 Å². The zero-order valence-corrected chi connectivity index (χ0v) is 11.1. The molecule has 0 bridgehead atoms. The van der Waals surface area contributed by atoms with Crippen molar-refractivity contribution in [3.05, 3.63) is 40.6 Å². The molecule has 104 valence electrons. The van der Waals surface area contributed by atoms with Gasteiger partial charge in [-0.2, -0.15) is 0 Å². The molecule has 2 rings (SSSR count). The third kappa shape index (κ3) is 3.00. The smallest absolute Gasteiger partial charge is 0.313 e. The number of benzene rings is 1. The van der Waals surface area contributed by atoms with Gasteiger partial charge in [0.15, 0.2) is 5.69 Å². The van der Waals surface area contributed by atoms with Gasteiger partial charge in [0.25, 0.3) is 0 Å². The topological polar surface area (TPSA) is 104 Å². The van der Waals surface area contributed by atoms with Crippen LogP contribution in [0.25, 0.3) is 11.3 Å². The summed E-state index contributed by atoms with van der Waals surface area (Å²) in [6.07, 6.45) is 1.17. The zero-order valence-electron chi connectivity index (χ0n) is 11.1. The Morgan fingerprint density at radius 3 is 2.50 bits per heavy atom. The summed E-state index contributed by atoms with van der Waals surface area (Å²) in [5.74, 6) is 0.682. The zero-order chi connectivity index (χ0) is 14.7. The lowest BCUT2D eigenvalue weighted by Gasteiger charge is -2.10. The van der Waals surface area contributed by atoms with E-state index in [0.717, 1.165) is 6.20 Å². The molecule has 0 unspecified atom stereocenters. The minimum absolute atomic E-state index is 0.00638. The molecule has 2 aromatic rings. The molecule has 0 saturated carbocycles. The molecule has 0 atom stereocenters. The molecule has 0 amide bonds. The minimum Gasteiger partial charge on any atom is -0.491 e. The molecule has 0 saturated heterocycles. The highest BCUT2D eigenvalue weighted by Gasteiger charge is 2.18. The second-order valence-corrected chi connectivity index (χ2v) is 4.41. The fourth-order valence-corrected chi connectivity index (χ4v) is 1.70. The van der Waals surface area contributed by atoms with Crippen molar-refractivity contribution in [2.24, 2.45) is 0 Å². The number of nitrogens with two attached hydrogens (primary N) is 1. The number of rotatable bonds is 4. The average Bonchev–Trinajstić information content (AvgIpc) is 2.38. The van der Waals surface area contributed by atoms with Gasteiger partial charge in [0.05, 0.1) is 11.0 Å². The van der Waals surface area contributed by atoms with Crippen LogP contribution in [0.1, 0.15) is 13.8 Å². The Bertz CT molecular complexity index is 626. The predicted octanol–water partition coefficient (Wildman–Crippen LogP) is 2.42. The quantitative estimate of drug-likeness (QED) is 0.678. The molecular formula is C13H14N4O3. The molecule has 0 aliphatic rings. The van der Waals surface area contributed by atoms with Gasteiger partial charge < -0.3 is 10.5 Å². The Hall–Kier alpha value is -2.70. The van der Waals surface area contributed by atoms with Gasteiger partial charge in [0.2, 0.25) is 5.95 Å². The number of aromatic nitrogens is 2. The lowest BCUT2D eigenvalue weighted by Crippen LogP contribution is -2.05. The van der Waals surface area contributed by atoms with Gasteiger partial charge in [0, 0.05) is 5.56 Å². The average molecular weight is 274 g/mol. The van der Waals surface area contributed by atoms with Crippen molar-refractivity contribution in [3.63, 3.8) is 0 Å². The van der Waals surface area contributed by atoms with E-state index < -0.39 is 4.92 Å². The van der Waals surface area contributed by atoms with Crippen LogP contribution in [0.3, 0.4) is 0 Å². The van der Waals surface area contributed by atoms with E-state index in [1.807, 2.05) is 13.8 Å². The monoisotopic (exact) mass is 274 g/mol. The summed E-state index contributed by atoms with van der Waals surface area (Å²) >= 11 is 0. The third-order valence-corrected chi connectivity index (χ3v) is 2.48. The van der Waals surface area contributed by atoms with Gasteiger partial charge in [-0.3, -0.25) is 10.1 Å². The molecule has 0 aliphatic heterocycles. The Labute approximate surface area is 115 Å². The van der Waals surface area contributed by atoms with Crippen LogP contribution in [-0.2, 0) is 0 Å². The number of nitrogens with zero attached hydrogens (tertiary/aromatic N) is 3. The number of ether oxygens (including phenoxy) is 1. The van der Waals surface area contributed by atoms with E-state index in [0.29, 0.717) is 11.3 Å². The van der Waals surface area contributed by atoms with E-state index >= 15 is 0 Å². The fourth-order valence-electron chi connectivity index (χ4n) is 1.70. The van der Waals surface area contributed by atoms with E-state index in [2.05, 4.69) is 9.97 Å². The van der Waals surface area contributed by atoms with Crippen molar-refractivity contribution in [2.75, 3.05) is 5.73 Å². The largest absolute Gasteiger partial charge is 0.491 e. The van der Waals surface area contributed by atoms with Crippen LogP contribution in [0.15, 0.2) is 30.5 Å². The summed E-state index contributed by atoms with van der Waals surface area (Å²) in [4.78, 5) is 18.0. The maximum Gasteiger partial charge on any atom is 0.313 e. The van der Waals surface area contributed by atoms with Gasteiger partial charge in [-0.15, -0.1) is 0 Å². The van der Waals surface area contributed by atoms with E-state index in [9.17, 15) is 10.1 Å². The van der Waals surface area contributed by atoms with E-state index in [4.69, 9.17) is 10.5 Å². The summed E-state index contributed by atoms with van der Waals surface area (Å²) in [7, 11) is 0. The standard InChI is InChI=1S/C13H14N4O3/c1-8(2)20-10-5-3-9(4-6-10)12-11(17(18)19)7-15-13(14)16-12/h3-8H,1-2H3,(H2,14,15,16). The molecule has 1 heterocycles. The lowest BCUT2D eigenvalue weighted by molar-refractivity contribution is -0.384. The van der Waals surface area contributed by atoms with Gasteiger partial charge in [0.1, 0.15) is 11.9 Å². The molecule has 0 fully saturated rings. The second-order valence-electron chi connectivity index (χ2n) is 4.41. The van der Waals surface area contributed by atoms with Gasteiger partial charge in [-0.1, -0.05) is 0 Å². The number of nitrogen functional groups attached to an aromatic ring is 1. The first kappa shape index (κ1) is 13.7. The first-order valence-electron chi connectivity index (χ1n) is 6.01. The highest BCUT2D eigenvalue weighted by atomic mass is 16.6. The van der Waals surface area contributed by atoms with Crippen LogP contribution in [0.5, 0.6) is 5.75 Å². The van der Waals surface area contributed by atoms with Gasteiger partial charge in [-0.25, -0.2) is 9.97 Å². The third-order valence-electron chi connectivity index (χ3n) is 2.48. The molecule has 0 aliphatic carbocycles. The highest BCUT2D eigenvalue weighted by Crippen LogP contribution is 2.29. The SMILES string of the molecule is CC(C)Oc1ccc(-c2nc(N)ncc2[N+](=O)[O-])cc1. The fraction of sp³-hybridized carbons (Fsp3) is 0.231. The maximum absolute atomic E-state index is 11.0. The van der Waals surface area contributed by atoms with Gasteiger partial charge in [-0.05, 0) is 38.1 Å². The van der Waals surface area contributed by atoms with E-state index in [-0.39, 0.29) is 23.4 Å². The normalized spacial score (nSPS) is 10.6. The van der Waals surface area contributed by atoms with Crippen LogP contribution >= 0.6 is 0 Å². The van der Waals surface area contributed by atoms with Crippen molar-refractivity contribution in [3.8, 4) is 17.0 Å². The first-order valence-corrected chi connectivity index (χ1v) is 6.01. The molecule has 0 radical (unpaired) electrons. The van der Waals surface area contributed by atoms with E-state index in [1.165, 1.54) is 0 Å². The van der Waals surface area contributed by atoms with Crippen molar-refractivity contribution in [1.29, 1.82) is 0 Å². The summed E-state index contributed by atoms with van der Waals surface area (Å²) in [6, 6.07) is 6.87. The molecule has 1 aromatic heterocycles. The molecular weight excluding hydrogens is 260 g/mol. The van der Waals surface area contributed by atoms with Crippen molar-refractivity contribution in [1.82, 2.24) is 9.97 Å². The second kappa shape index (κ2) is 5.52. The molecule has 1 aromatic carbocycles. The number of nitro groups is 1. The van der Waals surface area contributed by atoms with Crippen molar-refractivity contribution in [2.45, 2.75) is 20.0 Å². The van der Waals surface area contributed by atoms with Crippen LogP contribution in [0.4, 0.5) is 11.6 Å². The maximum atomic E-state index is 11.0. The number of anilines is 1. The summed E-state index contributed by atoms with van der Waals surface area (Å²) in [6.45, 7) is 3.84. The van der Waals surface area contributed by atoms with E-state index in [1.54, 1.807) is 24.3 Å². The van der Waals surface area contributed by atoms with Crippen LogP contribution < -0.4 is 10.5 Å². The molecule has 20 heavy (non-hydrogen) atoms. The number of hydrogen-bond donors (Lipinski definition) is 1. The molecule has 0 spiro atoms. The summed E-state index contributed by atoms with van der Waals surface area (Å²) < 4.78 is 5.52. The molecule has 2 N–H and O–H groups in total. The highest BCUT2D eigenvalue weighted by molar-refractivity contribution is 5.70. The van der Waals surface area contributed by atoms with Gasteiger partial charge >= 0.3 is 5.69 Å². The number of hydrogen-bond acceptors (Lipinski definition) is 6. The lowest BCUT2D eigenvalue weighted by atomic mass is 10.1.